The maximum Gasteiger partial charge on any atom is -0.0260 e. The zero-order valence-electron chi connectivity index (χ0n) is 10.3. The third kappa shape index (κ3) is 3.48. The Kier molecular flexibility index (Phi) is 4.22. The Morgan fingerprint density at radius 1 is 1.43 bits per heavy atom. The van der Waals surface area contributed by atoms with Crippen LogP contribution in [-0.2, 0) is 0 Å². The van der Waals surface area contributed by atoms with E-state index in [9.17, 15) is 0 Å². The van der Waals surface area contributed by atoms with Crippen molar-refractivity contribution in [2.45, 2.75) is 59.8 Å². The molecule has 0 nitrogen and oxygen atoms in total. The molecule has 2 atom stereocenters. The van der Waals surface area contributed by atoms with Gasteiger partial charge in [0.25, 0.3) is 0 Å². The summed E-state index contributed by atoms with van der Waals surface area (Å²) in [7, 11) is 0. The number of hydrogen-bond acceptors (Lipinski definition) is 0. The first-order valence-electron chi connectivity index (χ1n) is 6.19. The number of allylic oxidation sites excluding steroid dienone is 2. The highest BCUT2D eigenvalue weighted by Gasteiger charge is 2.47. The van der Waals surface area contributed by atoms with E-state index in [1.54, 1.807) is 0 Å². The summed E-state index contributed by atoms with van der Waals surface area (Å²) < 4.78 is 0. The Bertz CT molecular complexity index is 190. The lowest BCUT2D eigenvalue weighted by atomic mass is 9.97. The minimum Gasteiger partial charge on any atom is -0.0916 e. The smallest absolute Gasteiger partial charge is 0.0260 e. The molecule has 1 aliphatic carbocycles. The van der Waals surface area contributed by atoms with Crippen molar-refractivity contribution >= 4 is 0 Å². The molecule has 0 spiro atoms. The van der Waals surface area contributed by atoms with Gasteiger partial charge in [0, 0.05) is 0 Å². The van der Waals surface area contributed by atoms with Gasteiger partial charge in [-0.2, -0.15) is 0 Å². The van der Waals surface area contributed by atoms with Gasteiger partial charge in [0.15, 0.2) is 0 Å². The molecule has 0 saturated heterocycles. The van der Waals surface area contributed by atoms with E-state index >= 15 is 0 Å². The molecule has 0 N–H and O–H groups in total. The van der Waals surface area contributed by atoms with Crippen molar-refractivity contribution in [1.82, 2.24) is 0 Å². The topological polar surface area (TPSA) is 0 Å². The van der Waals surface area contributed by atoms with E-state index in [-0.39, 0.29) is 0 Å². The number of hydrogen-bond donors (Lipinski definition) is 0. The Hall–Kier alpha value is -0.260. The lowest BCUT2D eigenvalue weighted by Gasteiger charge is -2.08. The first-order chi connectivity index (χ1) is 6.58. The van der Waals surface area contributed by atoms with Crippen molar-refractivity contribution in [2.24, 2.45) is 17.3 Å². The van der Waals surface area contributed by atoms with E-state index in [2.05, 4.69) is 39.8 Å². The van der Waals surface area contributed by atoms with Crippen LogP contribution in [0.15, 0.2) is 12.2 Å². The average Bonchev–Trinajstić information content (AvgIpc) is 2.74. The first kappa shape index (κ1) is 11.8. The summed E-state index contributed by atoms with van der Waals surface area (Å²) in [6.07, 6.45) is 11.6. The van der Waals surface area contributed by atoms with Crippen LogP contribution in [0.4, 0.5) is 0 Å². The van der Waals surface area contributed by atoms with Crippen LogP contribution >= 0.6 is 0 Å². The van der Waals surface area contributed by atoms with E-state index in [0.29, 0.717) is 5.41 Å². The standard InChI is InChI=1S/C14H26/c1-5-6-10-14(4)11-13(14)9-7-8-12(2)3/h5-6,12-13H,7-11H2,1-4H3. The third-order valence-electron chi connectivity index (χ3n) is 3.69. The molecule has 2 unspecified atom stereocenters. The fourth-order valence-corrected chi connectivity index (χ4v) is 2.36. The molecule has 0 aliphatic heterocycles. The molecule has 0 radical (unpaired) electrons. The second-order valence-corrected chi connectivity index (χ2v) is 5.65. The summed E-state index contributed by atoms with van der Waals surface area (Å²) in [5.41, 5.74) is 0.670. The van der Waals surface area contributed by atoms with E-state index in [4.69, 9.17) is 0 Å². The fraction of sp³-hybridized carbons (Fsp3) is 0.857. The Morgan fingerprint density at radius 3 is 2.71 bits per heavy atom. The molecular formula is C14H26. The van der Waals surface area contributed by atoms with Gasteiger partial charge in [0.05, 0.1) is 0 Å². The molecule has 0 heteroatoms. The van der Waals surface area contributed by atoms with Crippen molar-refractivity contribution in [3.8, 4) is 0 Å². The highest BCUT2D eigenvalue weighted by Crippen LogP contribution is 2.57. The monoisotopic (exact) mass is 194 g/mol. The van der Waals surface area contributed by atoms with Gasteiger partial charge in [0.1, 0.15) is 0 Å². The molecule has 14 heavy (non-hydrogen) atoms. The van der Waals surface area contributed by atoms with E-state index in [1.165, 1.54) is 32.1 Å². The zero-order chi connectivity index (χ0) is 10.6. The van der Waals surface area contributed by atoms with Crippen LogP contribution < -0.4 is 0 Å². The fourth-order valence-electron chi connectivity index (χ4n) is 2.36. The maximum absolute atomic E-state index is 2.45. The Morgan fingerprint density at radius 2 is 2.14 bits per heavy atom. The van der Waals surface area contributed by atoms with Gasteiger partial charge in [-0.1, -0.05) is 45.8 Å². The van der Waals surface area contributed by atoms with Gasteiger partial charge in [-0.3, -0.25) is 0 Å². The Balaban J connectivity index is 2.12. The Labute approximate surface area is 89.8 Å². The number of rotatable bonds is 6. The lowest BCUT2D eigenvalue weighted by Crippen LogP contribution is -1.97. The highest BCUT2D eigenvalue weighted by molar-refractivity contribution is 5.02. The summed E-state index contributed by atoms with van der Waals surface area (Å²) in [4.78, 5) is 0. The SMILES string of the molecule is CC=CCC1(C)CC1CCCC(C)C. The summed E-state index contributed by atoms with van der Waals surface area (Å²) in [6, 6.07) is 0. The molecule has 0 aromatic carbocycles. The summed E-state index contributed by atoms with van der Waals surface area (Å²) in [6.45, 7) is 9.23. The molecule has 0 amide bonds. The quantitative estimate of drug-likeness (QED) is 0.532. The van der Waals surface area contributed by atoms with Crippen LogP contribution in [-0.4, -0.2) is 0 Å². The molecule has 0 aromatic heterocycles. The van der Waals surface area contributed by atoms with Crippen LogP contribution in [0.2, 0.25) is 0 Å². The maximum atomic E-state index is 2.45. The van der Waals surface area contributed by atoms with E-state index in [0.717, 1.165) is 11.8 Å². The highest BCUT2D eigenvalue weighted by atomic mass is 14.5. The van der Waals surface area contributed by atoms with Crippen LogP contribution in [0.1, 0.15) is 59.8 Å². The van der Waals surface area contributed by atoms with Gasteiger partial charge in [-0.25, -0.2) is 0 Å². The minimum atomic E-state index is 0.670. The molecular weight excluding hydrogens is 168 g/mol. The summed E-state index contributed by atoms with van der Waals surface area (Å²) in [5.74, 6) is 1.91. The van der Waals surface area contributed by atoms with Gasteiger partial charge >= 0.3 is 0 Å². The van der Waals surface area contributed by atoms with Crippen LogP contribution in [0.5, 0.6) is 0 Å². The van der Waals surface area contributed by atoms with Crippen molar-refractivity contribution in [3.63, 3.8) is 0 Å². The minimum absolute atomic E-state index is 0.670. The van der Waals surface area contributed by atoms with E-state index in [1.807, 2.05) is 0 Å². The molecule has 1 saturated carbocycles. The average molecular weight is 194 g/mol. The predicted molar refractivity (Wildman–Crippen MR) is 64.3 cm³/mol. The largest absolute Gasteiger partial charge is 0.0916 e. The van der Waals surface area contributed by atoms with Crippen LogP contribution in [0, 0.1) is 17.3 Å². The van der Waals surface area contributed by atoms with E-state index < -0.39 is 0 Å². The third-order valence-corrected chi connectivity index (χ3v) is 3.69. The molecule has 1 fully saturated rings. The van der Waals surface area contributed by atoms with Gasteiger partial charge in [-0.05, 0) is 43.4 Å². The molecule has 1 rings (SSSR count). The summed E-state index contributed by atoms with van der Waals surface area (Å²) in [5, 5.41) is 0. The predicted octanol–water partition coefficient (Wildman–Crippen LogP) is 4.81. The second-order valence-electron chi connectivity index (χ2n) is 5.65. The van der Waals surface area contributed by atoms with Crippen molar-refractivity contribution in [1.29, 1.82) is 0 Å². The lowest BCUT2D eigenvalue weighted by molar-refractivity contribution is 0.452. The van der Waals surface area contributed by atoms with Gasteiger partial charge in [0.2, 0.25) is 0 Å². The molecule has 0 aromatic rings. The second kappa shape index (κ2) is 5.00. The van der Waals surface area contributed by atoms with Crippen LogP contribution in [0.25, 0.3) is 0 Å². The van der Waals surface area contributed by atoms with Gasteiger partial charge < -0.3 is 0 Å². The van der Waals surface area contributed by atoms with Crippen molar-refractivity contribution in [2.75, 3.05) is 0 Å². The molecule has 82 valence electrons. The zero-order valence-corrected chi connectivity index (χ0v) is 10.3. The van der Waals surface area contributed by atoms with Gasteiger partial charge in [-0.15, -0.1) is 0 Å². The molecule has 0 heterocycles. The van der Waals surface area contributed by atoms with Crippen molar-refractivity contribution < 1.29 is 0 Å². The summed E-state index contributed by atoms with van der Waals surface area (Å²) >= 11 is 0. The normalized spacial score (nSPS) is 31.6. The van der Waals surface area contributed by atoms with Crippen LogP contribution in [0.3, 0.4) is 0 Å². The van der Waals surface area contributed by atoms with Crippen molar-refractivity contribution in [3.05, 3.63) is 12.2 Å². The first-order valence-corrected chi connectivity index (χ1v) is 6.19. The molecule has 1 aliphatic rings. The molecule has 0 bridgehead atoms.